The molecule has 146 valence electrons. The number of hydrogen-bond donors (Lipinski definition) is 0. The smallest absolute Gasteiger partial charge is 0.410 e. The van der Waals surface area contributed by atoms with E-state index in [0.29, 0.717) is 32.1 Å². The van der Waals surface area contributed by atoms with Crippen molar-refractivity contribution in [3.63, 3.8) is 0 Å². The van der Waals surface area contributed by atoms with Gasteiger partial charge in [0.1, 0.15) is 6.61 Å². The zero-order valence-corrected chi connectivity index (χ0v) is 15.6. The molecule has 4 rings (SSSR count). The first-order valence-electron chi connectivity index (χ1n) is 9.61. The molecule has 7 heteroatoms. The van der Waals surface area contributed by atoms with Gasteiger partial charge in [0.05, 0.1) is 4.92 Å². The van der Waals surface area contributed by atoms with E-state index in [1.54, 1.807) is 17.0 Å². The van der Waals surface area contributed by atoms with Crippen molar-refractivity contribution in [2.24, 2.45) is 0 Å². The van der Waals surface area contributed by atoms with Gasteiger partial charge in [-0.3, -0.25) is 10.1 Å². The van der Waals surface area contributed by atoms with E-state index in [-0.39, 0.29) is 23.3 Å². The summed E-state index contributed by atoms with van der Waals surface area (Å²) in [5.41, 5.74) is 3.24. The minimum Gasteiger partial charge on any atom is -0.445 e. The van der Waals surface area contributed by atoms with Crippen LogP contribution in [0.4, 0.5) is 16.2 Å². The average molecular weight is 381 g/mol. The molecule has 0 atom stereocenters. The third kappa shape index (κ3) is 4.08. The Morgan fingerprint density at radius 3 is 2.43 bits per heavy atom. The fourth-order valence-electron chi connectivity index (χ4n) is 3.61. The molecule has 1 amide bonds. The van der Waals surface area contributed by atoms with Crippen molar-refractivity contribution in [3.05, 3.63) is 69.8 Å². The number of nitro groups is 1. The van der Waals surface area contributed by atoms with Crippen molar-refractivity contribution >= 4 is 17.5 Å². The van der Waals surface area contributed by atoms with Gasteiger partial charge in [-0.25, -0.2) is 4.79 Å². The zero-order chi connectivity index (χ0) is 19.5. The summed E-state index contributed by atoms with van der Waals surface area (Å²) in [4.78, 5) is 27.0. The number of hydrogen-bond acceptors (Lipinski definition) is 5. The number of carbonyl (C=O) groups excluding carboxylic acids is 1. The highest BCUT2D eigenvalue weighted by atomic mass is 16.6. The van der Waals surface area contributed by atoms with Crippen molar-refractivity contribution < 1.29 is 14.5 Å². The summed E-state index contributed by atoms with van der Waals surface area (Å²) in [6.07, 6.45) is 1.87. The molecule has 1 heterocycles. The van der Waals surface area contributed by atoms with Gasteiger partial charge in [-0.05, 0) is 36.0 Å². The zero-order valence-electron chi connectivity index (χ0n) is 15.6. The van der Waals surface area contributed by atoms with E-state index in [1.807, 2.05) is 36.4 Å². The van der Waals surface area contributed by atoms with Crippen LogP contribution in [0.3, 0.4) is 0 Å². The van der Waals surface area contributed by atoms with Crippen LogP contribution < -0.4 is 4.90 Å². The Labute approximate surface area is 163 Å². The molecule has 0 radical (unpaired) electrons. The fraction of sp³-hybridized carbons (Fsp3) is 0.381. The molecule has 2 aromatic carbocycles. The Balaban J connectivity index is 1.36. The summed E-state index contributed by atoms with van der Waals surface area (Å²) in [5, 5.41) is 11.1. The highest BCUT2D eigenvalue weighted by molar-refractivity contribution is 5.68. The molecule has 1 saturated heterocycles. The maximum Gasteiger partial charge on any atom is 0.410 e. The first-order chi connectivity index (χ1) is 13.6. The summed E-state index contributed by atoms with van der Waals surface area (Å²) in [5.74, 6) is 0.420. The Kier molecular flexibility index (Phi) is 5.14. The highest BCUT2D eigenvalue weighted by Crippen LogP contribution is 2.45. The molecule has 0 spiro atoms. The summed E-state index contributed by atoms with van der Waals surface area (Å²) in [6.45, 7) is 2.81. The number of amides is 1. The normalized spacial score (nSPS) is 16.7. The van der Waals surface area contributed by atoms with Gasteiger partial charge in [0.25, 0.3) is 5.69 Å². The lowest BCUT2D eigenvalue weighted by Crippen LogP contribution is -2.49. The first-order valence-corrected chi connectivity index (χ1v) is 9.61. The number of non-ortho nitro benzene ring substituents is 1. The second-order valence-electron chi connectivity index (χ2n) is 7.29. The molecule has 7 nitrogen and oxygen atoms in total. The lowest BCUT2D eigenvalue weighted by molar-refractivity contribution is -0.384. The van der Waals surface area contributed by atoms with E-state index in [1.165, 1.54) is 0 Å². The van der Waals surface area contributed by atoms with E-state index in [4.69, 9.17) is 4.74 Å². The molecule has 0 aromatic heterocycles. The molecule has 1 aliphatic carbocycles. The molecule has 0 bridgehead atoms. The largest absolute Gasteiger partial charge is 0.445 e. The Hall–Kier alpha value is -3.09. The van der Waals surface area contributed by atoms with Crippen LogP contribution in [-0.4, -0.2) is 42.1 Å². The van der Waals surface area contributed by atoms with Crippen LogP contribution in [0.1, 0.15) is 29.9 Å². The summed E-state index contributed by atoms with van der Waals surface area (Å²) >= 11 is 0. The van der Waals surface area contributed by atoms with Crippen LogP contribution in [0, 0.1) is 10.1 Å². The van der Waals surface area contributed by atoms with E-state index in [0.717, 1.165) is 29.7 Å². The maximum atomic E-state index is 12.3. The third-order valence-electron chi connectivity index (χ3n) is 5.32. The molecule has 0 unspecified atom stereocenters. The van der Waals surface area contributed by atoms with Gasteiger partial charge in [0.2, 0.25) is 0 Å². The van der Waals surface area contributed by atoms with Crippen LogP contribution in [-0.2, 0) is 11.3 Å². The van der Waals surface area contributed by atoms with Gasteiger partial charge >= 0.3 is 6.09 Å². The lowest BCUT2D eigenvalue weighted by atomic mass is 10.1. The Morgan fingerprint density at radius 1 is 1.07 bits per heavy atom. The van der Waals surface area contributed by atoms with Gasteiger partial charge < -0.3 is 14.5 Å². The topological polar surface area (TPSA) is 75.9 Å². The number of nitrogens with zero attached hydrogens (tertiary/aromatic N) is 3. The monoisotopic (exact) mass is 381 g/mol. The number of rotatable bonds is 5. The standard InChI is InChI=1S/C21H23N3O4/c25-21(28-15-16-4-2-1-3-5-16)23-12-10-22(11-13-23)20-9-8-18(24(26)27)14-19(20)17-6-7-17/h1-5,8-9,14,17H,6-7,10-13,15H2. The number of anilines is 1. The molecule has 1 saturated carbocycles. The second-order valence-corrected chi connectivity index (χ2v) is 7.29. The van der Waals surface area contributed by atoms with Crippen LogP contribution in [0.5, 0.6) is 0 Å². The van der Waals surface area contributed by atoms with Crippen molar-refractivity contribution in [2.75, 3.05) is 31.1 Å². The molecule has 0 N–H and O–H groups in total. The minimum absolute atomic E-state index is 0.147. The van der Waals surface area contributed by atoms with Crippen molar-refractivity contribution in [1.29, 1.82) is 0 Å². The molecular formula is C21H23N3O4. The summed E-state index contributed by atoms with van der Waals surface area (Å²) in [7, 11) is 0. The van der Waals surface area contributed by atoms with Crippen LogP contribution in [0.2, 0.25) is 0 Å². The van der Waals surface area contributed by atoms with E-state index in [2.05, 4.69) is 4.90 Å². The molecule has 1 aliphatic heterocycles. The Bertz CT molecular complexity index is 859. The Morgan fingerprint density at radius 2 is 1.79 bits per heavy atom. The fourth-order valence-corrected chi connectivity index (χ4v) is 3.61. The van der Waals surface area contributed by atoms with Gasteiger partial charge in [-0.15, -0.1) is 0 Å². The summed E-state index contributed by atoms with van der Waals surface area (Å²) < 4.78 is 5.42. The van der Waals surface area contributed by atoms with Crippen LogP contribution >= 0.6 is 0 Å². The number of ether oxygens (including phenoxy) is 1. The lowest BCUT2D eigenvalue weighted by Gasteiger charge is -2.36. The van der Waals surface area contributed by atoms with Gasteiger partial charge in [-0.1, -0.05) is 30.3 Å². The van der Waals surface area contributed by atoms with Crippen molar-refractivity contribution in [3.8, 4) is 0 Å². The van der Waals surface area contributed by atoms with Gasteiger partial charge in [0, 0.05) is 44.0 Å². The predicted octanol–water partition coefficient (Wildman–Crippen LogP) is 3.93. The second kappa shape index (κ2) is 7.88. The number of piperazine rings is 1. The quantitative estimate of drug-likeness (QED) is 0.579. The molecule has 2 aliphatic rings. The van der Waals surface area contributed by atoms with Gasteiger partial charge in [0.15, 0.2) is 0 Å². The SMILES string of the molecule is O=C(OCc1ccccc1)N1CCN(c2ccc([N+](=O)[O-])cc2C2CC2)CC1. The molecule has 2 aromatic rings. The van der Waals surface area contributed by atoms with Gasteiger partial charge in [-0.2, -0.15) is 0 Å². The molecule has 2 fully saturated rings. The molecular weight excluding hydrogens is 358 g/mol. The van der Waals surface area contributed by atoms with E-state index < -0.39 is 0 Å². The highest BCUT2D eigenvalue weighted by Gasteiger charge is 2.31. The van der Waals surface area contributed by atoms with Crippen LogP contribution in [0.15, 0.2) is 48.5 Å². The van der Waals surface area contributed by atoms with Crippen LogP contribution in [0.25, 0.3) is 0 Å². The maximum absolute atomic E-state index is 12.3. The predicted molar refractivity (Wildman–Crippen MR) is 105 cm³/mol. The molecule has 28 heavy (non-hydrogen) atoms. The average Bonchev–Trinajstić information content (AvgIpc) is 3.58. The van der Waals surface area contributed by atoms with E-state index >= 15 is 0 Å². The number of benzene rings is 2. The first kappa shape index (κ1) is 18.3. The minimum atomic E-state index is -0.337. The third-order valence-corrected chi connectivity index (χ3v) is 5.32. The number of nitro benzene ring substituents is 1. The van der Waals surface area contributed by atoms with E-state index in [9.17, 15) is 14.9 Å². The number of carbonyl (C=O) groups is 1. The summed E-state index contributed by atoms with van der Waals surface area (Å²) in [6, 6.07) is 14.8. The van der Waals surface area contributed by atoms with Crippen molar-refractivity contribution in [2.45, 2.75) is 25.4 Å². The van der Waals surface area contributed by atoms with Crippen molar-refractivity contribution in [1.82, 2.24) is 4.90 Å².